The second-order valence-electron chi connectivity index (χ2n) is 4.71. The van der Waals surface area contributed by atoms with E-state index >= 15 is 0 Å². The van der Waals surface area contributed by atoms with E-state index in [9.17, 15) is 14.5 Å². The molecule has 0 radical (unpaired) electrons. The smallest absolute Gasteiger partial charge is 0.270 e. The van der Waals surface area contributed by atoms with Crippen LogP contribution in [0, 0.1) is 21.8 Å². The topological polar surface area (TPSA) is 90.8 Å². The van der Waals surface area contributed by atoms with Crippen LogP contribution in [0.3, 0.4) is 0 Å². The molecule has 106 valence electrons. The molecule has 1 aromatic rings. The van der Waals surface area contributed by atoms with Crippen molar-refractivity contribution in [3.63, 3.8) is 0 Å². The highest BCUT2D eigenvalue weighted by Gasteiger charge is 2.50. The highest BCUT2D eigenvalue weighted by atomic mass is 32.2. The summed E-state index contributed by atoms with van der Waals surface area (Å²) in [5.41, 5.74) is 4.43. The molecule has 1 saturated heterocycles. The van der Waals surface area contributed by atoms with Crippen LogP contribution in [0.4, 0.5) is 10.1 Å². The van der Waals surface area contributed by atoms with Crippen LogP contribution in [-0.2, 0) is 10.5 Å². The lowest BCUT2D eigenvalue weighted by atomic mass is 9.89. The minimum absolute atomic E-state index is 0.0312. The number of nitro groups is 1. The Morgan fingerprint density at radius 2 is 2.40 bits per heavy atom. The minimum Gasteiger partial charge on any atom is -0.378 e. The lowest BCUT2D eigenvalue weighted by Gasteiger charge is -2.34. The number of halogens is 1. The van der Waals surface area contributed by atoms with Crippen molar-refractivity contribution in [3.8, 4) is 0 Å². The van der Waals surface area contributed by atoms with Gasteiger partial charge in [-0.2, -0.15) is 0 Å². The molecule has 2 heterocycles. The summed E-state index contributed by atoms with van der Waals surface area (Å²) in [7, 11) is 0. The van der Waals surface area contributed by atoms with Gasteiger partial charge in [-0.25, -0.2) is 9.38 Å². The van der Waals surface area contributed by atoms with Gasteiger partial charge in [-0.15, -0.1) is 0 Å². The number of fused-ring (bicyclic) bond motifs is 1. The van der Waals surface area contributed by atoms with Crippen LogP contribution in [0.25, 0.3) is 0 Å². The fraction of sp³-hybridized carbons (Fsp3) is 0.417. The molecular weight excluding hydrogens is 285 g/mol. The van der Waals surface area contributed by atoms with Crippen LogP contribution in [0.5, 0.6) is 0 Å². The van der Waals surface area contributed by atoms with Gasteiger partial charge in [0.2, 0.25) is 0 Å². The number of amidine groups is 1. The van der Waals surface area contributed by atoms with Gasteiger partial charge < -0.3 is 10.5 Å². The number of rotatable bonds is 2. The van der Waals surface area contributed by atoms with Crippen LogP contribution < -0.4 is 5.73 Å². The number of aliphatic imine (C=N–C) groups is 1. The van der Waals surface area contributed by atoms with Gasteiger partial charge in [0.15, 0.2) is 10.9 Å². The predicted molar refractivity (Wildman–Crippen MR) is 72.9 cm³/mol. The number of thioether (sulfide) groups is 1. The van der Waals surface area contributed by atoms with Crippen molar-refractivity contribution in [2.24, 2.45) is 16.6 Å². The van der Waals surface area contributed by atoms with Gasteiger partial charge in [-0.3, -0.25) is 10.1 Å². The Morgan fingerprint density at radius 3 is 3.15 bits per heavy atom. The fourth-order valence-corrected chi connectivity index (χ4v) is 3.60. The van der Waals surface area contributed by atoms with E-state index in [1.165, 1.54) is 17.8 Å². The third-order valence-electron chi connectivity index (χ3n) is 3.60. The Morgan fingerprint density at radius 1 is 1.60 bits per heavy atom. The van der Waals surface area contributed by atoms with Crippen molar-refractivity contribution in [3.05, 3.63) is 39.7 Å². The van der Waals surface area contributed by atoms with Crippen LogP contribution in [0.2, 0.25) is 0 Å². The van der Waals surface area contributed by atoms with Gasteiger partial charge in [0, 0.05) is 29.4 Å². The molecule has 0 amide bonds. The van der Waals surface area contributed by atoms with Crippen LogP contribution in [-0.4, -0.2) is 22.5 Å². The number of hydrogen-bond donors (Lipinski definition) is 1. The summed E-state index contributed by atoms with van der Waals surface area (Å²) in [6, 6.07) is 3.40. The lowest BCUT2D eigenvalue weighted by Crippen LogP contribution is -2.38. The summed E-state index contributed by atoms with van der Waals surface area (Å²) in [4.78, 5) is 14.6. The van der Waals surface area contributed by atoms with E-state index in [-0.39, 0.29) is 17.2 Å². The third-order valence-corrected chi connectivity index (χ3v) is 4.55. The van der Waals surface area contributed by atoms with Crippen LogP contribution >= 0.6 is 11.8 Å². The molecule has 0 aliphatic carbocycles. The molecule has 0 spiro atoms. The fourth-order valence-electron chi connectivity index (χ4n) is 2.63. The minimum atomic E-state index is -1.22. The van der Waals surface area contributed by atoms with Gasteiger partial charge in [-0.05, 0) is 12.5 Å². The molecule has 2 N–H and O–H groups in total. The Balaban J connectivity index is 2.17. The zero-order chi connectivity index (χ0) is 14.3. The van der Waals surface area contributed by atoms with Crippen molar-refractivity contribution in [2.75, 3.05) is 12.4 Å². The summed E-state index contributed by atoms with van der Waals surface area (Å²) >= 11 is 1.40. The molecule has 1 fully saturated rings. The number of benzene rings is 1. The van der Waals surface area contributed by atoms with E-state index in [1.54, 1.807) is 0 Å². The molecule has 0 saturated carbocycles. The molecule has 8 heteroatoms. The largest absolute Gasteiger partial charge is 0.378 e. The van der Waals surface area contributed by atoms with Crippen LogP contribution in [0.1, 0.15) is 12.0 Å². The second-order valence-corrected chi connectivity index (χ2v) is 5.75. The normalized spacial score (nSPS) is 28.9. The number of hydrogen-bond acceptors (Lipinski definition) is 6. The highest BCUT2D eigenvalue weighted by Crippen LogP contribution is 2.48. The zero-order valence-corrected chi connectivity index (χ0v) is 11.2. The monoisotopic (exact) mass is 297 g/mol. The van der Waals surface area contributed by atoms with Gasteiger partial charge in [0.05, 0.1) is 11.5 Å². The van der Waals surface area contributed by atoms with Gasteiger partial charge in [0.1, 0.15) is 5.82 Å². The number of nitrogens with zero attached hydrogens (tertiary/aromatic N) is 2. The van der Waals surface area contributed by atoms with Crippen molar-refractivity contribution in [1.82, 2.24) is 0 Å². The Hall–Kier alpha value is -1.67. The molecule has 1 aromatic carbocycles. The highest BCUT2D eigenvalue weighted by molar-refractivity contribution is 8.13. The first-order valence-electron chi connectivity index (χ1n) is 6.09. The van der Waals surface area contributed by atoms with Gasteiger partial charge in [-0.1, -0.05) is 11.8 Å². The zero-order valence-electron chi connectivity index (χ0n) is 10.4. The van der Waals surface area contributed by atoms with Gasteiger partial charge in [0.25, 0.3) is 5.69 Å². The SMILES string of the molecule is NC1=N[C@@]2(c3cc([N+](=O)[O-])ccc3F)OCC[C@H]2CS1. The Labute approximate surface area is 118 Å². The first-order valence-corrected chi connectivity index (χ1v) is 7.08. The van der Waals surface area contributed by atoms with Crippen LogP contribution in [0.15, 0.2) is 23.2 Å². The van der Waals surface area contributed by atoms with Crippen molar-refractivity contribution in [1.29, 1.82) is 0 Å². The third kappa shape index (κ3) is 1.95. The maximum atomic E-state index is 14.2. The number of nitrogens with two attached hydrogens (primary N) is 1. The van der Waals surface area contributed by atoms with Crippen molar-refractivity contribution >= 4 is 22.6 Å². The Bertz CT molecular complexity index is 610. The maximum absolute atomic E-state index is 14.2. The van der Waals surface area contributed by atoms with E-state index in [2.05, 4.69) is 4.99 Å². The van der Waals surface area contributed by atoms with Crippen molar-refractivity contribution in [2.45, 2.75) is 12.1 Å². The average Bonchev–Trinajstić information content (AvgIpc) is 2.82. The van der Waals surface area contributed by atoms with E-state index < -0.39 is 16.5 Å². The first-order chi connectivity index (χ1) is 9.53. The van der Waals surface area contributed by atoms with E-state index in [1.807, 2.05) is 0 Å². The summed E-state index contributed by atoms with van der Waals surface area (Å²) in [6.45, 7) is 0.435. The van der Waals surface area contributed by atoms with E-state index in [0.29, 0.717) is 17.5 Å². The molecule has 0 unspecified atom stereocenters. The average molecular weight is 297 g/mol. The molecule has 2 aliphatic rings. The summed E-state index contributed by atoms with van der Waals surface area (Å²) in [5, 5.41) is 11.2. The number of nitro benzene ring substituents is 1. The van der Waals surface area contributed by atoms with Gasteiger partial charge >= 0.3 is 0 Å². The second kappa shape index (κ2) is 4.71. The molecule has 0 bridgehead atoms. The standard InChI is InChI=1S/C12H12FN3O3S/c13-10-2-1-8(16(17)18)5-9(10)12-7(3-4-19-12)6-20-11(14)15-12/h1-2,5,7H,3-4,6H2,(H2,14,15)/t7-,12+/m0/s1. The molecular formula is C12H12FN3O3S. The lowest BCUT2D eigenvalue weighted by molar-refractivity contribution is -0.385. The van der Waals surface area contributed by atoms with E-state index in [0.717, 1.165) is 18.6 Å². The first kappa shape index (κ1) is 13.3. The molecule has 0 aromatic heterocycles. The predicted octanol–water partition coefficient (Wildman–Crippen LogP) is 1.98. The quantitative estimate of drug-likeness (QED) is 0.666. The molecule has 2 atom stereocenters. The van der Waals surface area contributed by atoms with E-state index in [4.69, 9.17) is 10.5 Å². The summed E-state index contributed by atoms with van der Waals surface area (Å²) < 4.78 is 19.8. The Kier molecular flexibility index (Phi) is 3.14. The summed E-state index contributed by atoms with van der Waals surface area (Å²) in [6.07, 6.45) is 0.728. The number of non-ortho nitro benzene ring substituents is 1. The molecule has 3 rings (SSSR count). The molecule has 6 nitrogen and oxygen atoms in total. The van der Waals surface area contributed by atoms with Crippen molar-refractivity contribution < 1.29 is 14.1 Å². The molecule has 2 aliphatic heterocycles. The molecule has 20 heavy (non-hydrogen) atoms. The maximum Gasteiger partial charge on any atom is 0.270 e. The number of ether oxygens (including phenoxy) is 1. The summed E-state index contributed by atoms with van der Waals surface area (Å²) in [5.74, 6) is 0.0690.